The molecule has 24 heavy (non-hydrogen) atoms. The fourth-order valence-electron chi connectivity index (χ4n) is 3.02. The third kappa shape index (κ3) is 2.65. The van der Waals surface area contributed by atoms with Crippen molar-refractivity contribution in [3.8, 4) is 5.69 Å². The summed E-state index contributed by atoms with van der Waals surface area (Å²) in [5.74, 6) is -0.395. The molecule has 1 fully saturated rings. The fraction of sp³-hybridized carbons (Fsp3) is 0.294. The van der Waals surface area contributed by atoms with Crippen molar-refractivity contribution in [2.75, 3.05) is 38.1 Å². The molecule has 1 aliphatic rings. The number of hydrogen-bond acceptors (Lipinski definition) is 5. The van der Waals surface area contributed by atoms with Gasteiger partial charge in [0.05, 0.1) is 16.8 Å². The first-order chi connectivity index (χ1) is 11.6. The van der Waals surface area contributed by atoms with Gasteiger partial charge < -0.3 is 15.5 Å². The zero-order chi connectivity index (χ0) is 16.7. The summed E-state index contributed by atoms with van der Waals surface area (Å²) >= 11 is 1.38. The van der Waals surface area contributed by atoms with Gasteiger partial charge in [-0.05, 0) is 31.3 Å². The number of anilines is 1. The number of fused-ring (bicyclic) bond motifs is 1. The molecule has 3 aromatic rings. The summed E-state index contributed by atoms with van der Waals surface area (Å²) in [6, 6.07) is 10.2. The molecule has 0 bridgehead atoms. The molecule has 3 heterocycles. The summed E-state index contributed by atoms with van der Waals surface area (Å²) in [7, 11) is 2.15. The molecule has 1 saturated heterocycles. The van der Waals surface area contributed by atoms with Crippen LogP contribution in [0, 0.1) is 0 Å². The van der Waals surface area contributed by atoms with E-state index in [9.17, 15) is 4.79 Å². The van der Waals surface area contributed by atoms with Crippen LogP contribution in [0.25, 0.3) is 15.9 Å². The topological polar surface area (TPSA) is 67.4 Å². The van der Waals surface area contributed by atoms with E-state index in [1.165, 1.54) is 17.0 Å². The molecule has 0 unspecified atom stereocenters. The Balaban J connectivity index is 1.69. The van der Waals surface area contributed by atoms with Gasteiger partial charge in [0.1, 0.15) is 4.83 Å². The van der Waals surface area contributed by atoms with Gasteiger partial charge in [-0.1, -0.05) is 6.07 Å². The second kappa shape index (κ2) is 5.92. The normalized spacial score (nSPS) is 16.0. The highest BCUT2D eigenvalue weighted by Gasteiger charge is 2.16. The Morgan fingerprint density at radius 1 is 1.17 bits per heavy atom. The summed E-state index contributed by atoms with van der Waals surface area (Å²) in [6.45, 7) is 4.20. The molecule has 6 nitrogen and oxygen atoms in total. The summed E-state index contributed by atoms with van der Waals surface area (Å²) in [4.78, 5) is 17.6. The Labute approximate surface area is 144 Å². The van der Waals surface area contributed by atoms with Gasteiger partial charge >= 0.3 is 0 Å². The minimum Gasteiger partial charge on any atom is -0.369 e. The van der Waals surface area contributed by atoms with E-state index in [4.69, 9.17) is 5.73 Å². The molecule has 0 saturated carbocycles. The molecule has 4 rings (SSSR count). The second-order valence-electron chi connectivity index (χ2n) is 6.10. The molecule has 1 aliphatic heterocycles. The van der Waals surface area contributed by atoms with Gasteiger partial charge in [0.2, 0.25) is 0 Å². The van der Waals surface area contributed by atoms with E-state index < -0.39 is 5.91 Å². The number of nitrogens with two attached hydrogens (primary N) is 1. The van der Waals surface area contributed by atoms with Crippen LogP contribution in [-0.2, 0) is 0 Å². The van der Waals surface area contributed by atoms with E-state index in [0.717, 1.165) is 42.1 Å². The van der Waals surface area contributed by atoms with Crippen molar-refractivity contribution in [1.82, 2.24) is 14.7 Å². The van der Waals surface area contributed by atoms with Gasteiger partial charge in [0.15, 0.2) is 0 Å². The summed E-state index contributed by atoms with van der Waals surface area (Å²) < 4.78 is 1.88. The number of primary amides is 1. The van der Waals surface area contributed by atoms with Crippen LogP contribution < -0.4 is 10.6 Å². The maximum atomic E-state index is 11.4. The van der Waals surface area contributed by atoms with E-state index in [1.807, 2.05) is 10.7 Å². The van der Waals surface area contributed by atoms with Crippen molar-refractivity contribution >= 4 is 33.1 Å². The SMILES string of the molecule is CN1CCN(c2cccc(-n3ncc4cc(C(N)=O)sc43)c2)CC1. The average molecular weight is 341 g/mol. The lowest BCUT2D eigenvalue weighted by atomic mass is 10.2. The lowest BCUT2D eigenvalue weighted by Gasteiger charge is -2.34. The van der Waals surface area contributed by atoms with Crippen LogP contribution in [-0.4, -0.2) is 53.8 Å². The van der Waals surface area contributed by atoms with Crippen LogP contribution in [0.1, 0.15) is 9.67 Å². The van der Waals surface area contributed by atoms with E-state index in [0.29, 0.717) is 4.88 Å². The molecular weight excluding hydrogens is 322 g/mol. The molecule has 0 aliphatic carbocycles. The number of amides is 1. The van der Waals surface area contributed by atoms with Gasteiger partial charge in [-0.25, -0.2) is 4.68 Å². The number of carbonyl (C=O) groups is 1. The molecule has 2 N–H and O–H groups in total. The van der Waals surface area contributed by atoms with Gasteiger partial charge in [0, 0.05) is 37.3 Å². The molecule has 0 radical (unpaired) electrons. The summed E-state index contributed by atoms with van der Waals surface area (Å²) in [5.41, 5.74) is 7.59. The molecule has 0 atom stereocenters. The van der Waals surface area contributed by atoms with Crippen LogP contribution in [0.5, 0.6) is 0 Å². The highest BCUT2D eigenvalue weighted by Crippen LogP contribution is 2.29. The largest absolute Gasteiger partial charge is 0.369 e. The Bertz CT molecular complexity index is 891. The number of likely N-dealkylation sites (N-methyl/N-ethyl adjacent to an activating group) is 1. The molecule has 124 valence electrons. The standard InChI is InChI=1S/C17H19N5OS/c1-20-5-7-21(8-6-20)13-3-2-4-14(10-13)22-17-12(11-19-22)9-15(24-17)16(18)23/h2-4,9-11H,5-8H2,1H3,(H2,18,23). The highest BCUT2D eigenvalue weighted by atomic mass is 32.1. The monoisotopic (exact) mass is 341 g/mol. The average Bonchev–Trinajstić information content (AvgIpc) is 3.16. The summed E-state index contributed by atoms with van der Waals surface area (Å²) in [6.07, 6.45) is 1.78. The number of hydrogen-bond donors (Lipinski definition) is 1. The minimum absolute atomic E-state index is 0.395. The first-order valence-electron chi connectivity index (χ1n) is 7.93. The van der Waals surface area contributed by atoms with Crippen molar-refractivity contribution in [1.29, 1.82) is 0 Å². The van der Waals surface area contributed by atoms with Gasteiger partial charge in [-0.15, -0.1) is 11.3 Å². The number of aromatic nitrogens is 2. The lowest BCUT2D eigenvalue weighted by molar-refractivity contribution is 0.100. The van der Waals surface area contributed by atoms with Crippen LogP contribution in [0.4, 0.5) is 5.69 Å². The highest BCUT2D eigenvalue weighted by molar-refractivity contribution is 7.20. The van der Waals surface area contributed by atoms with Crippen molar-refractivity contribution in [3.05, 3.63) is 41.4 Å². The number of nitrogens with zero attached hydrogens (tertiary/aromatic N) is 4. The summed E-state index contributed by atoms with van der Waals surface area (Å²) in [5, 5.41) is 5.42. The van der Waals surface area contributed by atoms with Crippen LogP contribution in [0.3, 0.4) is 0 Å². The molecule has 7 heteroatoms. The zero-order valence-electron chi connectivity index (χ0n) is 13.5. The Kier molecular flexibility index (Phi) is 3.74. The predicted octanol–water partition coefficient (Wildman–Crippen LogP) is 1.94. The van der Waals surface area contributed by atoms with E-state index >= 15 is 0 Å². The Morgan fingerprint density at radius 2 is 1.92 bits per heavy atom. The van der Waals surface area contributed by atoms with Crippen molar-refractivity contribution in [2.24, 2.45) is 5.73 Å². The quantitative estimate of drug-likeness (QED) is 0.790. The van der Waals surface area contributed by atoms with E-state index in [2.05, 4.69) is 40.1 Å². The minimum atomic E-state index is -0.395. The van der Waals surface area contributed by atoms with Gasteiger partial charge in [0.25, 0.3) is 5.91 Å². The number of benzene rings is 1. The third-order valence-corrected chi connectivity index (χ3v) is 5.57. The molecule has 1 amide bonds. The lowest BCUT2D eigenvalue weighted by Crippen LogP contribution is -2.44. The first kappa shape index (κ1) is 15.2. The number of rotatable bonds is 3. The molecule has 1 aromatic carbocycles. The third-order valence-electron chi connectivity index (χ3n) is 4.43. The number of thiophene rings is 1. The van der Waals surface area contributed by atoms with E-state index in [1.54, 1.807) is 12.3 Å². The van der Waals surface area contributed by atoms with Crippen molar-refractivity contribution < 1.29 is 4.79 Å². The zero-order valence-corrected chi connectivity index (χ0v) is 14.3. The first-order valence-corrected chi connectivity index (χ1v) is 8.75. The molecule has 0 spiro atoms. The molecule has 2 aromatic heterocycles. The van der Waals surface area contributed by atoms with Gasteiger partial charge in [-0.3, -0.25) is 4.79 Å². The smallest absolute Gasteiger partial charge is 0.258 e. The Hall–Kier alpha value is -2.38. The number of carbonyl (C=O) groups excluding carboxylic acids is 1. The van der Waals surface area contributed by atoms with E-state index in [-0.39, 0.29) is 0 Å². The predicted molar refractivity (Wildman–Crippen MR) is 97.2 cm³/mol. The maximum Gasteiger partial charge on any atom is 0.258 e. The van der Waals surface area contributed by atoms with Crippen molar-refractivity contribution in [2.45, 2.75) is 0 Å². The van der Waals surface area contributed by atoms with Crippen molar-refractivity contribution in [3.63, 3.8) is 0 Å². The number of piperazine rings is 1. The van der Waals surface area contributed by atoms with Crippen LogP contribution in [0.15, 0.2) is 36.5 Å². The second-order valence-corrected chi connectivity index (χ2v) is 7.13. The van der Waals surface area contributed by atoms with Crippen LogP contribution in [0.2, 0.25) is 0 Å². The maximum absolute atomic E-state index is 11.4. The fourth-order valence-corrected chi connectivity index (χ4v) is 3.98. The Morgan fingerprint density at radius 3 is 2.67 bits per heavy atom. The van der Waals surface area contributed by atoms with Crippen LogP contribution >= 0.6 is 11.3 Å². The molecular formula is C17H19N5OS. The van der Waals surface area contributed by atoms with Gasteiger partial charge in [-0.2, -0.15) is 5.10 Å².